The van der Waals surface area contributed by atoms with Crippen LogP contribution in [-0.2, 0) is 34.8 Å². The second-order valence-electron chi connectivity index (χ2n) is 10.4. The molecule has 0 fully saturated rings. The van der Waals surface area contributed by atoms with Crippen LogP contribution in [0, 0.1) is 5.82 Å². The first-order valence-corrected chi connectivity index (χ1v) is 14.9. The van der Waals surface area contributed by atoms with Gasteiger partial charge in [-0.2, -0.15) is 0 Å². The fourth-order valence-electron chi connectivity index (χ4n) is 5.25. The molecule has 0 saturated heterocycles. The van der Waals surface area contributed by atoms with Crippen LogP contribution in [0.4, 0.5) is 10.1 Å². The molecule has 2 atom stereocenters. The number of rotatable bonds is 9. The van der Waals surface area contributed by atoms with E-state index in [1.165, 1.54) is 18.2 Å². The topological polar surface area (TPSA) is 84.3 Å². The average Bonchev–Trinajstić information content (AvgIpc) is 3.36. The smallest absolute Gasteiger partial charge is 0.241 e. The zero-order chi connectivity index (χ0) is 28.3. The molecule has 2 unspecified atom stereocenters. The first-order valence-electron chi connectivity index (χ1n) is 13.4. The normalized spacial score (nSPS) is 15.8. The van der Waals surface area contributed by atoms with Crippen LogP contribution in [-0.4, -0.2) is 23.9 Å². The lowest BCUT2D eigenvalue weighted by Gasteiger charge is -2.30. The van der Waals surface area contributed by atoms with Crippen molar-refractivity contribution >= 4 is 21.6 Å². The number of fused-ring (bicyclic) bond motifs is 1. The summed E-state index contributed by atoms with van der Waals surface area (Å²) in [7, 11) is -2.06. The maximum atomic E-state index is 13.8. The van der Waals surface area contributed by atoms with Gasteiger partial charge in [0.05, 0.1) is 11.4 Å². The predicted octanol–water partition coefficient (Wildman–Crippen LogP) is 5.64. The minimum absolute atomic E-state index is 0.0148. The van der Waals surface area contributed by atoms with Crippen molar-refractivity contribution in [1.82, 2.24) is 14.3 Å². The number of aromatic nitrogens is 2. The summed E-state index contributed by atoms with van der Waals surface area (Å²) in [5.74, 6) is 0.0946. The van der Waals surface area contributed by atoms with Crippen molar-refractivity contribution in [2.45, 2.75) is 56.0 Å². The lowest BCUT2D eigenvalue weighted by molar-refractivity contribution is -0.119. The first kappa shape index (κ1) is 27.7. The van der Waals surface area contributed by atoms with Crippen LogP contribution in [0.25, 0.3) is 0 Å². The summed E-state index contributed by atoms with van der Waals surface area (Å²) < 4.78 is 44.7. The molecule has 1 N–H and O–H groups in total. The van der Waals surface area contributed by atoms with E-state index in [1.54, 1.807) is 11.1 Å². The number of nitrogens with zero attached hydrogens (tertiary/aromatic N) is 3. The number of hydrogen-bond acceptors (Lipinski definition) is 4. The SMILES string of the molecule is CC(CC(=O)N(Cc1nccn1C)c1ccc2c(c1)C(NS(=O)(=O)c1cccc(F)c1)CCC2)c1ccccc1. The monoisotopic (exact) mass is 560 g/mol. The number of anilines is 1. The maximum Gasteiger partial charge on any atom is 0.241 e. The van der Waals surface area contributed by atoms with E-state index < -0.39 is 21.9 Å². The third-order valence-electron chi connectivity index (χ3n) is 7.53. The van der Waals surface area contributed by atoms with E-state index in [4.69, 9.17) is 0 Å². The Morgan fingerprint density at radius 1 is 1.12 bits per heavy atom. The zero-order valence-corrected chi connectivity index (χ0v) is 23.4. The van der Waals surface area contributed by atoms with Crippen LogP contribution in [0.3, 0.4) is 0 Å². The lowest BCUT2D eigenvalue weighted by Crippen LogP contribution is -2.34. The molecule has 9 heteroatoms. The highest BCUT2D eigenvalue weighted by atomic mass is 32.2. The van der Waals surface area contributed by atoms with Gasteiger partial charge in [-0.05, 0) is 72.2 Å². The average molecular weight is 561 g/mol. The Hall–Kier alpha value is -3.82. The van der Waals surface area contributed by atoms with Crippen molar-refractivity contribution in [2.75, 3.05) is 4.90 Å². The molecule has 3 aromatic carbocycles. The van der Waals surface area contributed by atoms with Crippen LogP contribution in [0.5, 0.6) is 0 Å². The second-order valence-corrected chi connectivity index (χ2v) is 12.1. The minimum Gasteiger partial charge on any atom is -0.337 e. The Balaban J connectivity index is 1.46. The van der Waals surface area contributed by atoms with Crippen molar-refractivity contribution < 1.29 is 17.6 Å². The number of imidazole rings is 1. The molecule has 40 heavy (non-hydrogen) atoms. The number of carbonyl (C=O) groups excluding carboxylic acids is 1. The first-order chi connectivity index (χ1) is 19.2. The molecule has 1 heterocycles. The summed E-state index contributed by atoms with van der Waals surface area (Å²) >= 11 is 0. The second kappa shape index (κ2) is 11.7. The third-order valence-corrected chi connectivity index (χ3v) is 9.00. The molecule has 0 radical (unpaired) electrons. The fourth-order valence-corrected chi connectivity index (χ4v) is 6.53. The summed E-state index contributed by atoms with van der Waals surface area (Å²) in [4.78, 5) is 19.9. The number of nitrogens with one attached hydrogen (secondary N) is 1. The lowest BCUT2D eigenvalue weighted by atomic mass is 9.87. The molecule has 1 aliphatic rings. The van der Waals surface area contributed by atoms with Crippen LogP contribution in [0.15, 0.2) is 90.1 Å². The summed E-state index contributed by atoms with van der Waals surface area (Å²) in [5.41, 5.74) is 3.63. The molecule has 4 aromatic rings. The molecule has 0 aliphatic heterocycles. The third kappa shape index (κ3) is 6.16. The van der Waals surface area contributed by atoms with Crippen molar-refractivity contribution in [3.63, 3.8) is 0 Å². The molecule has 0 saturated carbocycles. The number of carbonyl (C=O) groups is 1. The van der Waals surface area contributed by atoms with Gasteiger partial charge in [0.1, 0.15) is 11.6 Å². The van der Waals surface area contributed by atoms with Gasteiger partial charge in [-0.15, -0.1) is 0 Å². The minimum atomic E-state index is -3.95. The van der Waals surface area contributed by atoms with Crippen molar-refractivity contribution in [3.05, 3.63) is 114 Å². The van der Waals surface area contributed by atoms with Crippen LogP contribution < -0.4 is 9.62 Å². The Morgan fingerprint density at radius 2 is 1.93 bits per heavy atom. The molecule has 1 aromatic heterocycles. The predicted molar refractivity (Wildman–Crippen MR) is 153 cm³/mol. The fraction of sp³-hybridized carbons (Fsp3) is 0.290. The summed E-state index contributed by atoms with van der Waals surface area (Å²) in [6.07, 6.45) is 6.08. The maximum absolute atomic E-state index is 13.8. The van der Waals surface area contributed by atoms with Gasteiger partial charge in [0.15, 0.2) is 0 Å². The zero-order valence-electron chi connectivity index (χ0n) is 22.6. The molecule has 5 rings (SSSR count). The molecule has 0 bridgehead atoms. The van der Waals surface area contributed by atoms with Crippen LogP contribution in [0.1, 0.15) is 60.7 Å². The van der Waals surface area contributed by atoms with E-state index >= 15 is 0 Å². The summed E-state index contributed by atoms with van der Waals surface area (Å²) in [6.45, 7) is 2.32. The van der Waals surface area contributed by atoms with Gasteiger partial charge in [0.2, 0.25) is 15.9 Å². The highest BCUT2D eigenvalue weighted by Crippen LogP contribution is 2.35. The van der Waals surface area contributed by atoms with Gasteiger partial charge < -0.3 is 9.47 Å². The summed E-state index contributed by atoms with van der Waals surface area (Å²) in [6, 6.07) is 20.3. The standard InChI is InChI=1S/C31H33FN4O3S/c1-22(23-8-4-3-5-9-23)18-31(37)36(21-30-33-16-17-35(30)2)26-15-14-24-10-6-13-29(28(24)20-26)34-40(38,39)27-12-7-11-25(32)19-27/h3-5,7-9,11-12,14-17,19-20,22,29,34H,6,10,13,18,21H2,1-2H3. The highest BCUT2D eigenvalue weighted by molar-refractivity contribution is 7.89. The van der Waals surface area contributed by atoms with E-state index in [0.717, 1.165) is 41.4 Å². The molecular weight excluding hydrogens is 527 g/mol. The number of hydrogen-bond donors (Lipinski definition) is 1. The number of halogens is 1. The molecular formula is C31H33FN4O3S. The molecule has 1 aliphatic carbocycles. The highest BCUT2D eigenvalue weighted by Gasteiger charge is 2.28. The van der Waals surface area contributed by atoms with Crippen molar-refractivity contribution in [1.29, 1.82) is 0 Å². The van der Waals surface area contributed by atoms with Gasteiger partial charge in [0, 0.05) is 37.6 Å². The molecule has 208 valence electrons. The van der Waals surface area contributed by atoms with Crippen molar-refractivity contribution in [2.24, 2.45) is 7.05 Å². The van der Waals surface area contributed by atoms with E-state index in [0.29, 0.717) is 18.5 Å². The Kier molecular flexibility index (Phi) is 8.14. The number of benzene rings is 3. The largest absolute Gasteiger partial charge is 0.337 e. The molecule has 0 spiro atoms. The van der Waals surface area contributed by atoms with Gasteiger partial charge in [-0.3, -0.25) is 4.79 Å². The quantitative estimate of drug-likeness (QED) is 0.287. The van der Waals surface area contributed by atoms with Gasteiger partial charge in [-0.25, -0.2) is 22.5 Å². The molecule has 1 amide bonds. The Labute approximate surface area is 234 Å². The number of amides is 1. The number of sulfonamides is 1. The van der Waals surface area contributed by atoms with Gasteiger partial charge in [0.25, 0.3) is 0 Å². The van der Waals surface area contributed by atoms with Gasteiger partial charge in [-0.1, -0.05) is 49.4 Å². The Bertz CT molecular complexity index is 1600. The van der Waals surface area contributed by atoms with E-state index in [2.05, 4.69) is 9.71 Å². The number of aryl methyl sites for hydroxylation is 2. The van der Waals surface area contributed by atoms with Crippen molar-refractivity contribution in [3.8, 4) is 0 Å². The van der Waals surface area contributed by atoms with E-state index in [1.807, 2.05) is 73.3 Å². The molecule has 7 nitrogen and oxygen atoms in total. The Morgan fingerprint density at radius 3 is 2.65 bits per heavy atom. The summed E-state index contributed by atoms with van der Waals surface area (Å²) in [5, 5.41) is 0. The van der Waals surface area contributed by atoms with E-state index in [9.17, 15) is 17.6 Å². The van der Waals surface area contributed by atoms with E-state index in [-0.39, 0.29) is 23.3 Å². The van der Waals surface area contributed by atoms with Crippen LogP contribution >= 0.6 is 0 Å². The van der Waals surface area contributed by atoms with Crippen LogP contribution in [0.2, 0.25) is 0 Å². The van der Waals surface area contributed by atoms with Gasteiger partial charge >= 0.3 is 0 Å².